The predicted octanol–water partition coefficient (Wildman–Crippen LogP) is 1.71. The van der Waals surface area contributed by atoms with Crippen LogP contribution in [0.25, 0.3) is 0 Å². The van der Waals surface area contributed by atoms with E-state index in [-0.39, 0.29) is 11.1 Å². The number of ether oxygens (including phenoxy) is 1. The monoisotopic (exact) mass is 271 g/mol. The predicted molar refractivity (Wildman–Crippen MR) is 73.8 cm³/mol. The Kier molecular flexibility index (Phi) is 3.95. The van der Waals surface area contributed by atoms with E-state index in [2.05, 4.69) is 10.3 Å². The molecule has 0 saturated carbocycles. The van der Waals surface area contributed by atoms with E-state index in [0.717, 1.165) is 0 Å². The largest absolute Gasteiger partial charge is 0.465 e. The zero-order valence-electron chi connectivity index (χ0n) is 10.8. The third-order valence-corrected chi connectivity index (χ3v) is 2.65. The van der Waals surface area contributed by atoms with Gasteiger partial charge < -0.3 is 15.8 Å². The number of hydrogen-bond donors (Lipinski definition) is 2. The highest BCUT2D eigenvalue weighted by molar-refractivity contribution is 6.08. The number of aromatic nitrogens is 1. The number of nitrogens with zero attached hydrogens (tertiary/aromatic N) is 1. The molecule has 1 aromatic carbocycles. The lowest BCUT2D eigenvalue weighted by atomic mass is 10.0. The first-order valence-corrected chi connectivity index (χ1v) is 5.82. The van der Waals surface area contributed by atoms with Gasteiger partial charge in [-0.2, -0.15) is 0 Å². The summed E-state index contributed by atoms with van der Waals surface area (Å²) >= 11 is 0. The number of carbonyl (C=O) groups is 2. The summed E-state index contributed by atoms with van der Waals surface area (Å²) in [6, 6.07) is 10.0. The fourth-order valence-electron chi connectivity index (χ4n) is 1.76. The van der Waals surface area contributed by atoms with Crippen LogP contribution < -0.4 is 11.1 Å². The molecule has 0 aliphatic rings. The van der Waals surface area contributed by atoms with Gasteiger partial charge in [0.1, 0.15) is 5.82 Å². The molecule has 0 aliphatic heterocycles. The van der Waals surface area contributed by atoms with Crippen molar-refractivity contribution >= 4 is 23.4 Å². The molecule has 2 rings (SSSR count). The number of benzene rings is 1. The van der Waals surface area contributed by atoms with E-state index in [1.54, 1.807) is 36.5 Å². The number of hydrogen-bond acceptors (Lipinski definition) is 5. The van der Waals surface area contributed by atoms with Gasteiger partial charge in [-0.3, -0.25) is 4.79 Å². The summed E-state index contributed by atoms with van der Waals surface area (Å²) in [5, 5.41) is 2.96. The third kappa shape index (κ3) is 2.74. The molecule has 2 aromatic rings. The van der Waals surface area contributed by atoms with Crippen LogP contribution in [0, 0.1) is 0 Å². The number of rotatable bonds is 4. The lowest BCUT2D eigenvalue weighted by Crippen LogP contribution is -2.18. The number of esters is 1. The van der Waals surface area contributed by atoms with Gasteiger partial charge in [-0.25, -0.2) is 9.78 Å². The van der Waals surface area contributed by atoms with Gasteiger partial charge in [0.2, 0.25) is 5.91 Å². The fraction of sp³-hybridized carbons (Fsp3) is 0.0714. The van der Waals surface area contributed by atoms with Crippen molar-refractivity contribution in [2.24, 2.45) is 5.73 Å². The average Bonchev–Trinajstić information content (AvgIpc) is 2.47. The molecule has 6 heteroatoms. The van der Waals surface area contributed by atoms with Crippen molar-refractivity contribution in [3.05, 3.63) is 53.7 Å². The Morgan fingerprint density at radius 2 is 2.00 bits per heavy atom. The van der Waals surface area contributed by atoms with E-state index in [1.807, 2.05) is 0 Å². The summed E-state index contributed by atoms with van der Waals surface area (Å²) in [7, 11) is 1.24. The lowest BCUT2D eigenvalue weighted by molar-refractivity contribution is 0.0598. The molecule has 1 heterocycles. The van der Waals surface area contributed by atoms with Gasteiger partial charge in [-0.05, 0) is 24.3 Å². The van der Waals surface area contributed by atoms with E-state index >= 15 is 0 Å². The fourth-order valence-corrected chi connectivity index (χ4v) is 1.76. The van der Waals surface area contributed by atoms with Gasteiger partial charge in [0.15, 0.2) is 0 Å². The Balaban J connectivity index is 2.49. The minimum absolute atomic E-state index is 0.0909. The molecule has 6 nitrogen and oxygen atoms in total. The molecule has 0 unspecified atom stereocenters. The third-order valence-electron chi connectivity index (χ3n) is 2.65. The number of carbonyl (C=O) groups excluding carboxylic acids is 2. The Morgan fingerprint density at radius 1 is 1.20 bits per heavy atom. The molecular formula is C14H13N3O3. The van der Waals surface area contributed by atoms with Crippen LogP contribution in [0.3, 0.4) is 0 Å². The smallest absolute Gasteiger partial charge is 0.340 e. The van der Waals surface area contributed by atoms with E-state index in [9.17, 15) is 9.59 Å². The summed E-state index contributed by atoms with van der Waals surface area (Å²) < 4.78 is 4.70. The minimum Gasteiger partial charge on any atom is -0.465 e. The van der Waals surface area contributed by atoms with Gasteiger partial charge >= 0.3 is 5.97 Å². The number of primary amides is 1. The maximum Gasteiger partial charge on any atom is 0.340 e. The Labute approximate surface area is 115 Å². The number of anilines is 2. The number of nitrogens with one attached hydrogen (secondary N) is 1. The van der Waals surface area contributed by atoms with Crippen LogP contribution in [0.4, 0.5) is 11.5 Å². The molecule has 0 atom stereocenters. The molecule has 1 aromatic heterocycles. The Morgan fingerprint density at radius 3 is 2.60 bits per heavy atom. The van der Waals surface area contributed by atoms with Crippen LogP contribution in [0.15, 0.2) is 42.6 Å². The summed E-state index contributed by atoms with van der Waals surface area (Å²) in [5.41, 5.74) is 5.87. The lowest BCUT2D eigenvalue weighted by Gasteiger charge is -2.12. The molecule has 0 radical (unpaired) electrons. The van der Waals surface area contributed by atoms with Gasteiger partial charge in [-0.1, -0.05) is 12.1 Å². The molecule has 102 valence electrons. The molecule has 1 amide bonds. The second-order valence-corrected chi connectivity index (χ2v) is 3.92. The average molecular weight is 271 g/mol. The summed E-state index contributed by atoms with van der Waals surface area (Å²) in [6.45, 7) is 0. The molecule has 0 spiro atoms. The van der Waals surface area contributed by atoms with Crippen molar-refractivity contribution in [1.82, 2.24) is 4.98 Å². The van der Waals surface area contributed by atoms with Crippen LogP contribution in [0.2, 0.25) is 0 Å². The van der Waals surface area contributed by atoms with Crippen molar-refractivity contribution in [2.45, 2.75) is 0 Å². The highest BCUT2D eigenvalue weighted by Gasteiger charge is 2.20. The van der Waals surface area contributed by atoms with Gasteiger partial charge in [-0.15, -0.1) is 0 Å². The highest BCUT2D eigenvalue weighted by Crippen LogP contribution is 2.23. The van der Waals surface area contributed by atoms with Crippen LogP contribution in [-0.4, -0.2) is 24.0 Å². The number of nitrogens with two attached hydrogens (primary N) is 1. The van der Waals surface area contributed by atoms with Gasteiger partial charge in [0.05, 0.1) is 23.9 Å². The second kappa shape index (κ2) is 5.83. The van der Waals surface area contributed by atoms with Gasteiger partial charge in [0.25, 0.3) is 0 Å². The molecular weight excluding hydrogens is 258 g/mol. The van der Waals surface area contributed by atoms with Crippen molar-refractivity contribution < 1.29 is 14.3 Å². The SMILES string of the molecule is COC(=O)c1c(Nc2ccccn2)cccc1C(N)=O. The quantitative estimate of drug-likeness (QED) is 0.825. The van der Waals surface area contributed by atoms with E-state index in [0.29, 0.717) is 11.5 Å². The summed E-state index contributed by atoms with van der Waals surface area (Å²) in [4.78, 5) is 27.4. The number of methoxy groups -OCH3 is 1. The molecule has 3 N–H and O–H groups in total. The highest BCUT2D eigenvalue weighted by atomic mass is 16.5. The maximum atomic E-state index is 11.9. The Bertz CT molecular complexity index is 641. The van der Waals surface area contributed by atoms with Crippen LogP contribution in [-0.2, 0) is 4.74 Å². The maximum absolute atomic E-state index is 11.9. The van der Waals surface area contributed by atoms with Crippen molar-refractivity contribution in [1.29, 1.82) is 0 Å². The van der Waals surface area contributed by atoms with Gasteiger partial charge in [0, 0.05) is 6.20 Å². The van der Waals surface area contributed by atoms with Crippen molar-refractivity contribution in [3.8, 4) is 0 Å². The molecule has 0 bridgehead atoms. The summed E-state index contributed by atoms with van der Waals surface area (Å²) in [6.07, 6.45) is 1.61. The van der Waals surface area contributed by atoms with E-state index in [1.165, 1.54) is 13.2 Å². The zero-order chi connectivity index (χ0) is 14.5. The van der Waals surface area contributed by atoms with E-state index < -0.39 is 11.9 Å². The first-order chi connectivity index (χ1) is 9.63. The zero-order valence-corrected chi connectivity index (χ0v) is 10.8. The van der Waals surface area contributed by atoms with E-state index in [4.69, 9.17) is 10.5 Å². The first-order valence-electron chi connectivity index (χ1n) is 5.82. The molecule has 0 aliphatic carbocycles. The van der Waals surface area contributed by atoms with Crippen LogP contribution in [0.5, 0.6) is 0 Å². The number of amides is 1. The second-order valence-electron chi connectivity index (χ2n) is 3.92. The first kappa shape index (κ1) is 13.5. The van der Waals surface area contributed by atoms with Crippen molar-refractivity contribution in [2.75, 3.05) is 12.4 Å². The Hall–Kier alpha value is -2.89. The molecule has 20 heavy (non-hydrogen) atoms. The standard InChI is InChI=1S/C14H13N3O3/c1-20-14(19)12-9(13(15)18)5-4-6-10(12)17-11-7-2-3-8-16-11/h2-8H,1H3,(H2,15,18)(H,16,17). The van der Waals surface area contributed by atoms with Crippen LogP contribution >= 0.6 is 0 Å². The van der Waals surface area contributed by atoms with Crippen LogP contribution in [0.1, 0.15) is 20.7 Å². The number of pyridine rings is 1. The van der Waals surface area contributed by atoms with Crippen molar-refractivity contribution in [3.63, 3.8) is 0 Å². The minimum atomic E-state index is -0.699. The molecule has 0 saturated heterocycles. The topological polar surface area (TPSA) is 94.3 Å². The molecule has 0 fully saturated rings. The normalized spacial score (nSPS) is 9.85. The summed E-state index contributed by atoms with van der Waals surface area (Å²) in [5.74, 6) is -0.799.